The van der Waals surface area contributed by atoms with E-state index in [0.29, 0.717) is 23.4 Å². The molecule has 0 fully saturated rings. The molecule has 1 heterocycles. The van der Waals surface area contributed by atoms with Crippen LogP contribution in [0.5, 0.6) is 5.75 Å². The van der Waals surface area contributed by atoms with E-state index in [2.05, 4.69) is 15.9 Å². The first-order valence-corrected chi connectivity index (χ1v) is 6.83. The molecule has 2 aromatic rings. The SMILES string of the molecule is COc1ccc(C=O)cc1Cn1cc(Br)cc(C)c1=O. The van der Waals surface area contributed by atoms with E-state index in [-0.39, 0.29) is 5.56 Å². The molecule has 0 aliphatic rings. The highest BCUT2D eigenvalue weighted by atomic mass is 79.9. The minimum Gasteiger partial charge on any atom is -0.496 e. The van der Waals surface area contributed by atoms with Crippen LogP contribution < -0.4 is 10.3 Å². The standard InChI is InChI=1S/C15H14BrNO3/c1-10-5-13(16)8-17(15(10)19)7-12-6-11(9-18)3-4-14(12)20-2/h3-6,8-9H,7H2,1-2H3. The molecule has 0 saturated carbocycles. The van der Waals surface area contributed by atoms with Crippen LogP contribution in [0, 0.1) is 6.92 Å². The Balaban J connectivity index is 2.49. The molecule has 1 aromatic carbocycles. The number of aromatic nitrogens is 1. The lowest BCUT2D eigenvalue weighted by molar-refractivity contribution is 0.112. The van der Waals surface area contributed by atoms with Crippen molar-refractivity contribution in [2.45, 2.75) is 13.5 Å². The zero-order valence-electron chi connectivity index (χ0n) is 11.2. The van der Waals surface area contributed by atoms with Gasteiger partial charge in [-0.3, -0.25) is 9.59 Å². The van der Waals surface area contributed by atoms with Gasteiger partial charge < -0.3 is 9.30 Å². The van der Waals surface area contributed by atoms with E-state index in [1.165, 1.54) is 0 Å². The number of rotatable bonds is 4. The Hall–Kier alpha value is -1.88. The average Bonchev–Trinajstić information content (AvgIpc) is 2.44. The Bertz CT molecular complexity index is 707. The minimum absolute atomic E-state index is 0.0632. The van der Waals surface area contributed by atoms with Crippen molar-refractivity contribution >= 4 is 22.2 Å². The Morgan fingerprint density at radius 3 is 2.75 bits per heavy atom. The van der Waals surface area contributed by atoms with Crippen LogP contribution in [0.1, 0.15) is 21.5 Å². The molecule has 20 heavy (non-hydrogen) atoms. The van der Waals surface area contributed by atoms with Crippen molar-refractivity contribution < 1.29 is 9.53 Å². The fourth-order valence-electron chi connectivity index (χ4n) is 2.04. The number of aldehydes is 1. The number of benzene rings is 1. The molecule has 0 bridgehead atoms. The normalized spacial score (nSPS) is 10.3. The van der Waals surface area contributed by atoms with Crippen molar-refractivity contribution in [1.82, 2.24) is 4.57 Å². The fraction of sp³-hybridized carbons (Fsp3) is 0.200. The third-order valence-corrected chi connectivity index (χ3v) is 3.45. The van der Waals surface area contributed by atoms with Gasteiger partial charge in [0.05, 0.1) is 13.7 Å². The molecular formula is C15H14BrNO3. The van der Waals surface area contributed by atoms with Gasteiger partial charge in [-0.1, -0.05) is 0 Å². The van der Waals surface area contributed by atoms with Crippen LogP contribution in [0.15, 0.2) is 39.7 Å². The lowest BCUT2D eigenvalue weighted by Gasteiger charge is -2.12. The van der Waals surface area contributed by atoms with Gasteiger partial charge in [0, 0.05) is 27.4 Å². The summed E-state index contributed by atoms with van der Waals surface area (Å²) in [5.74, 6) is 0.653. The second-order valence-corrected chi connectivity index (χ2v) is 5.38. The van der Waals surface area contributed by atoms with E-state index in [0.717, 1.165) is 16.3 Å². The van der Waals surface area contributed by atoms with Gasteiger partial charge in [-0.2, -0.15) is 0 Å². The molecule has 0 unspecified atom stereocenters. The number of aryl methyl sites for hydroxylation is 1. The summed E-state index contributed by atoms with van der Waals surface area (Å²) in [6.45, 7) is 2.12. The number of carbonyl (C=O) groups is 1. The van der Waals surface area contributed by atoms with Crippen LogP contribution in [0.4, 0.5) is 0 Å². The fourth-order valence-corrected chi connectivity index (χ4v) is 2.63. The van der Waals surface area contributed by atoms with Gasteiger partial charge >= 0.3 is 0 Å². The van der Waals surface area contributed by atoms with Crippen LogP contribution >= 0.6 is 15.9 Å². The van der Waals surface area contributed by atoms with Gasteiger partial charge in [-0.05, 0) is 47.1 Å². The molecule has 0 radical (unpaired) electrons. The van der Waals surface area contributed by atoms with Crippen LogP contribution in [0.25, 0.3) is 0 Å². The third kappa shape index (κ3) is 2.99. The maximum atomic E-state index is 12.1. The number of carbonyl (C=O) groups excluding carboxylic acids is 1. The molecule has 0 saturated heterocycles. The number of halogens is 1. The first kappa shape index (κ1) is 14.5. The second kappa shape index (κ2) is 6.05. The summed E-state index contributed by atoms with van der Waals surface area (Å²) in [6.07, 6.45) is 2.50. The zero-order chi connectivity index (χ0) is 14.7. The van der Waals surface area contributed by atoms with Crippen molar-refractivity contribution in [3.8, 4) is 5.75 Å². The van der Waals surface area contributed by atoms with E-state index in [9.17, 15) is 9.59 Å². The van der Waals surface area contributed by atoms with Gasteiger partial charge in [0.2, 0.25) is 0 Å². The average molecular weight is 336 g/mol. The molecule has 4 nitrogen and oxygen atoms in total. The predicted molar refractivity (Wildman–Crippen MR) is 80.6 cm³/mol. The first-order chi connectivity index (χ1) is 9.55. The molecule has 0 N–H and O–H groups in total. The van der Waals surface area contributed by atoms with E-state index in [4.69, 9.17) is 4.74 Å². The van der Waals surface area contributed by atoms with Gasteiger partial charge in [-0.15, -0.1) is 0 Å². The van der Waals surface area contributed by atoms with Crippen LogP contribution in [0.3, 0.4) is 0 Å². The summed E-state index contributed by atoms with van der Waals surface area (Å²) in [7, 11) is 1.56. The summed E-state index contributed by atoms with van der Waals surface area (Å²) in [5, 5.41) is 0. The van der Waals surface area contributed by atoms with Gasteiger partial charge in [0.1, 0.15) is 12.0 Å². The summed E-state index contributed by atoms with van der Waals surface area (Å²) >= 11 is 3.38. The number of ether oxygens (including phenoxy) is 1. The van der Waals surface area contributed by atoms with Crippen molar-refractivity contribution in [2.24, 2.45) is 0 Å². The third-order valence-electron chi connectivity index (χ3n) is 3.01. The Labute approximate surface area is 125 Å². The molecule has 5 heteroatoms. The zero-order valence-corrected chi connectivity index (χ0v) is 12.8. The molecule has 0 aliphatic carbocycles. The molecular weight excluding hydrogens is 322 g/mol. The summed E-state index contributed by atoms with van der Waals surface area (Å²) in [4.78, 5) is 23.0. The topological polar surface area (TPSA) is 48.3 Å². The molecule has 0 amide bonds. The van der Waals surface area contributed by atoms with Crippen molar-refractivity contribution in [1.29, 1.82) is 0 Å². The molecule has 0 atom stereocenters. The summed E-state index contributed by atoms with van der Waals surface area (Å²) in [5.41, 5.74) is 1.94. The van der Waals surface area contributed by atoms with Crippen LogP contribution in [-0.2, 0) is 6.54 Å². The number of hydrogen-bond acceptors (Lipinski definition) is 3. The largest absolute Gasteiger partial charge is 0.496 e. The number of methoxy groups -OCH3 is 1. The highest BCUT2D eigenvalue weighted by molar-refractivity contribution is 9.10. The number of nitrogens with zero attached hydrogens (tertiary/aromatic N) is 1. The Kier molecular flexibility index (Phi) is 4.39. The van der Waals surface area contributed by atoms with Crippen molar-refractivity contribution in [2.75, 3.05) is 7.11 Å². The van der Waals surface area contributed by atoms with E-state index >= 15 is 0 Å². The molecule has 0 aliphatic heterocycles. The highest BCUT2D eigenvalue weighted by Crippen LogP contribution is 2.20. The van der Waals surface area contributed by atoms with E-state index in [1.807, 2.05) is 0 Å². The van der Waals surface area contributed by atoms with Gasteiger partial charge in [0.15, 0.2) is 0 Å². The van der Waals surface area contributed by atoms with E-state index < -0.39 is 0 Å². The maximum absolute atomic E-state index is 12.1. The Morgan fingerprint density at radius 1 is 1.35 bits per heavy atom. The van der Waals surface area contributed by atoms with Gasteiger partial charge in [0.25, 0.3) is 5.56 Å². The number of hydrogen-bond donors (Lipinski definition) is 0. The van der Waals surface area contributed by atoms with E-state index in [1.54, 1.807) is 49.1 Å². The van der Waals surface area contributed by atoms with Crippen LogP contribution in [-0.4, -0.2) is 18.0 Å². The molecule has 0 spiro atoms. The predicted octanol–water partition coefficient (Wildman–Crippen LogP) is 2.79. The Morgan fingerprint density at radius 2 is 2.10 bits per heavy atom. The second-order valence-electron chi connectivity index (χ2n) is 4.46. The molecule has 2 rings (SSSR count). The minimum atomic E-state index is -0.0632. The summed E-state index contributed by atoms with van der Waals surface area (Å²) < 4.78 is 7.70. The molecule has 1 aromatic heterocycles. The quantitative estimate of drug-likeness (QED) is 0.807. The monoisotopic (exact) mass is 335 g/mol. The summed E-state index contributed by atoms with van der Waals surface area (Å²) in [6, 6.07) is 6.92. The lowest BCUT2D eigenvalue weighted by Crippen LogP contribution is -2.22. The van der Waals surface area contributed by atoms with Crippen molar-refractivity contribution in [3.63, 3.8) is 0 Å². The lowest BCUT2D eigenvalue weighted by atomic mass is 10.1. The first-order valence-electron chi connectivity index (χ1n) is 6.04. The molecule has 104 valence electrons. The van der Waals surface area contributed by atoms with Crippen LogP contribution in [0.2, 0.25) is 0 Å². The van der Waals surface area contributed by atoms with Crippen molar-refractivity contribution in [3.05, 3.63) is 62.0 Å². The number of pyridine rings is 1. The smallest absolute Gasteiger partial charge is 0.253 e. The highest BCUT2D eigenvalue weighted by Gasteiger charge is 2.08. The maximum Gasteiger partial charge on any atom is 0.253 e. The van der Waals surface area contributed by atoms with Gasteiger partial charge in [-0.25, -0.2) is 0 Å².